The van der Waals surface area contributed by atoms with Gasteiger partial charge in [0.05, 0.1) is 0 Å². The van der Waals surface area contributed by atoms with Crippen molar-refractivity contribution in [2.24, 2.45) is 0 Å². The molecule has 4 nitrogen and oxygen atoms in total. The fourth-order valence-electron chi connectivity index (χ4n) is 5.04. The Balaban J connectivity index is 1.58. The van der Waals surface area contributed by atoms with Gasteiger partial charge in [-0.2, -0.15) is 0 Å². The molecule has 1 amide bonds. The lowest BCUT2D eigenvalue weighted by atomic mass is 9.87. The van der Waals surface area contributed by atoms with Crippen molar-refractivity contribution in [1.82, 2.24) is 9.88 Å². The summed E-state index contributed by atoms with van der Waals surface area (Å²) in [7, 11) is 0. The van der Waals surface area contributed by atoms with E-state index in [1.165, 1.54) is 26.2 Å². The molecule has 2 aliphatic heterocycles. The Kier molecular flexibility index (Phi) is 4.57. The Bertz CT molecular complexity index is 844. The summed E-state index contributed by atoms with van der Waals surface area (Å²) in [6, 6.07) is 0.654. The summed E-state index contributed by atoms with van der Waals surface area (Å²) >= 11 is 1.93. The van der Waals surface area contributed by atoms with Gasteiger partial charge in [0.2, 0.25) is 0 Å². The number of carbonyl (C=O) groups excluding carboxylic acids is 1. The van der Waals surface area contributed by atoms with E-state index in [0.717, 1.165) is 25.7 Å². The van der Waals surface area contributed by atoms with Gasteiger partial charge in [0.1, 0.15) is 10.4 Å². The van der Waals surface area contributed by atoms with Crippen LogP contribution < -0.4 is 0 Å². The van der Waals surface area contributed by atoms with Crippen LogP contribution in [-0.2, 0) is 4.74 Å². The lowest BCUT2D eigenvalue weighted by Crippen LogP contribution is -2.48. The van der Waals surface area contributed by atoms with Crippen LogP contribution in [-0.4, -0.2) is 33.7 Å². The molecule has 148 valence electrons. The molecule has 4 rings (SSSR count). The van der Waals surface area contributed by atoms with Crippen molar-refractivity contribution in [3.05, 3.63) is 22.2 Å². The van der Waals surface area contributed by atoms with Gasteiger partial charge in [0.25, 0.3) is 0 Å². The summed E-state index contributed by atoms with van der Waals surface area (Å²) in [6.07, 6.45) is 6.41. The minimum atomic E-state index is -0.427. The number of aromatic amines is 1. The zero-order valence-electron chi connectivity index (χ0n) is 17.4. The smallest absolute Gasteiger partial charge is 0.410 e. The average Bonchev–Trinajstić information content (AvgIpc) is 3.18. The lowest BCUT2D eigenvalue weighted by molar-refractivity contribution is 0.00595. The molecule has 1 N–H and O–H groups in total. The third kappa shape index (κ3) is 3.28. The first kappa shape index (κ1) is 18.9. The third-order valence-corrected chi connectivity index (χ3v) is 7.55. The van der Waals surface area contributed by atoms with E-state index in [2.05, 4.69) is 36.9 Å². The molecule has 2 aliphatic rings. The van der Waals surface area contributed by atoms with E-state index < -0.39 is 5.60 Å². The largest absolute Gasteiger partial charge is 0.444 e. The third-order valence-electron chi connectivity index (χ3n) is 6.16. The zero-order chi connectivity index (χ0) is 19.5. The number of fused-ring (bicyclic) bond motifs is 3. The molecule has 0 spiro atoms. The van der Waals surface area contributed by atoms with Gasteiger partial charge in [0, 0.05) is 28.5 Å². The van der Waals surface area contributed by atoms with Crippen LogP contribution in [0.1, 0.15) is 88.1 Å². The van der Waals surface area contributed by atoms with Crippen LogP contribution in [0.5, 0.6) is 0 Å². The Hall–Kier alpha value is -1.49. The molecule has 2 aromatic heterocycles. The summed E-state index contributed by atoms with van der Waals surface area (Å²) in [6.45, 7) is 12.7. The Morgan fingerprint density at radius 2 is 1.89 bits per heavy atom. The van der Waals surface area contributed by atoms with Gasteiger partial charge < -0.3 is 14.6 Å². The van der Waals surface area contributed by atoms with E-state index in [4.69, 9.17) is 4.74 Å². The minimum absolute atomic E-state index is 0.120. The zero-order valence-corrected chi connectivity index (χ0v) is 18.2. The second kappa shape index (κ2) is 6.54. The van der Waals surface area contributed by atoms with Crippen LogP contribution in [0.2, 0.25) is 0 Å². The van der Waals surface area contributed by atoms with Crippen molar-refractivity contribution in [2.45, 2.75) is 96.7 Å². The second-order valence-corrected chi connectivity index (χ2v) is 10.7. The van der Waals surface area contributed by atoms with Crippen molar-refractivity contribution >= 4 is 27.6 Å². The number of hydrogen-bond acceptors (Lipinski definition) is 3. The molecule has 0 radical (unpaired) electrons. The van der Waals surface area contributed by atoms with E-state index in [9.17, 15) is 4.79 Å². The lowest BCUT2D eigenvalue weighted by Gasteiger charge is -2.39. The number of nitrogens with one attached hydrogen (secondary N) is 1. The van der Waals surface area contributed by atoms with Gasteiger partial charge in [-0.3, -0.25) is 0 Å². The van der Waals surface area contributed by atoms with Crippen LogP contribution in [0, 0.1) is 6.92 Å². The predicted octanol–water partition coefficient (Wildman–Crippen LogP) is 6.31. The number of piperidine rings is 1. The average molecular weight is 389 g/mol. The summed E-state index contributed by atoms with van der Waals surface area (Å²) in [5.41, 5.74) is 2.46. The molecule has 27 heavy (non-hydrogen) atoms. The summed E-state index contributed by atoms with van der Waals surface area (Å²) in [5.74, 6) is 1.09. The van der Waals surface area contributed by atoms with E-state index in [-0.39, 0.29) is 6.09 Å². The number of H-pyrrole nitrogens is 1. The van der Waals surface area contributed by atoms with Gasteiger partial charge in [-0.25, -0.2) is 4.79 Å². The molecule has 4 heterocycles. The molecule has 0 saturated carbocycles. The number of aromatic nitrogens is 1. The molecule has 2 fully saturated rings. The topological polar surface area (TPSA) is 45.3 Å². The molecule has 3 atom stereocenters. The van der Waals surface area contributed by atoms with Gasteiger partial charge in [-0.1, -0.05) is 13.8 Å². The highest BCUT2D eigenvalue weighted by atomic mass is 32.1. The Morgan fingerprint density at radius 3 is 2.44 bits per heavy atom. The van der Waals surface area contributed by atoms with Crippen LogP contribution in [0.4, 0.5) is 4.79 Å². The molecule has 2 bridgehead atoms. The standard InChI is InChI=1S/C22H32N2O2S/c1-12(2)17-11-23-20-18(17)13(3)19(27-20)14-9-15-7-8-16(10-14)24(15)21(25)26-22(4,5)6/h11-12,14-16,23H,7-10H2,1-6H3/t14?,15-,16+. The normalized spacial score (nSPS) is 25.6. The predicted molar refractivity (Wildman–Crippen MR) is 112 cm³/mol. The van der Waals surface area contributed by atoms with Crippen LogP contribution in [0.15, 0.2) is 6.20 Å². The quantitative estimate of drug-likeness (QED) is 0.655. The van der Waals surface area contributed by atoms with Gasteiger partial charge >= 0.3 is 6.09 Å². The van der Waals surface area contributed by atoms with Crippen LogP contribution >= 0.6 is 11.3 Å². The van der Waals surface area contributed by atoms with E-state index in [0.29, 0.717) is 23.9 Å². The summed E-state index contributed by atoms with van der Waals surface area (Å²) < 4.78 is 5.68. The highest BCUT2D eigenvalue weighted by Gasteiger charge is 2.45. The number of aryl methyl sites for hydroxylation is 1. The van der Waals surface area contributed by atoms with Crippen molar-refractivity contribution in [1.29, 1.82) is 0 Å². The van der Waals surface area contributed by atoms with E-state index in [1.807, 2.05) is 32.1 Å². The molecule has 1 unspecified atom stereocenters. The first-order valence-corrected chi connectivity index (χ1v) is 11.1. The van der Waals surface area contributed by atoms with Gasteiger partial charge in [-0.05, 0) is 76.3 Å². The summed E-state index contributed by atoms with van der Waals surface area (Å²) in [4.78, 5) is 21.1. The number of thiophene rings is 1. The highest BCUT2D eigenvalue weighted by molar-refractivity contribution is 7.19. The van der Waals surface area contributed by atoms with Crippen molar-refractivity contribution < 1.29 is 9.53 Å². The number of carbonyl (C=O) groups is 1. The monoisotopic (exact) mass is 388 g/mol. The maximum atomic E-state index is 12.7. The van der Waals surface area contributed by atoms with E-state index in [1.54, 1.807) is 0 Å². The molecule has 2 saturated heterocycles. The van der Waals surface area contributed by atoms with Crippen molar-refractivity contribution in [3.63, 3.8) is 0 Å². The molecular formula is C22H32N2O2S. The number of ether oxygens (including phenoxy) is 1. The second-order valence-electron chi connectivity index (χ2n) is 9.64. The maximum absolute atomic E-state index is 12.7. The molecule has 0 aromatic carbocycles. The molecular weight excluding hydrogens is 356 g/mol. The molecule has 0 aliphatic carbocycles. The molecule has 2 aromatic rings. The minimum Gasteiger partial charge on any atom is -0.444 e. The maximum Gasteiger partial charge on any atom is 0.410 e. The first-order chi connectivity index (χ1) is 12.7. The van der Waals surface area contributed by atoms with Crippen LogP contribution in [0.25, 0.3) is 10.2 Å². The fraction of sp³-hybridized carbons (Fsp3) is 0.682. The van der Waals surface area contributed by atoms with E-state index >= 15 is 0 Å². The summed E-state index contributed by atoms with van der Waals surface area (Å²) in [5, 5.41) is 1.44. The first-order valence-electron chi connectivity index (χ1n) is 10.3. The number of amides is 1. The Morgan fingerprint density at radius 1 is 1.26 bits per heavy atom. The number of nitrogens with zero attached hydrogens (tertiary/aromatic N) is 1. The number of rotatable bonds is 2. The van der Waals surface area contributed by atoms with Crippen molar-refractivity contribution in [3.8, 4) is 0 Å². The number of hydrogen-bond donors (Lipinski definition) is 1. The van der Waals surface area contributed by atoms with Gasteiger partial charge in [-0.15, -0.1) is 11.3 Å². The van der Waals surface area contributed by atoms with Crippen LogP contribution in [0.3, 0.4) is 0 Å². The van der Waals surface area contributed by atoms with Crippen molar-refractivity contribution in [2.75, 3.05) is 0 Å². The SMILES string of the molecule is Cc1c(C2C[C@H]3CC[C@@H](C2)N3C(=O)OC(C)(C)C)sc2[nH]cc(C(C)C)c12. The Labute approximate surface area is 166 Å². The molecule has 5 heteroatoms. The fourth-order valence-corrected chi connectivity index (χ4v) is 6.37. The van der Waals surface area contributed by atoms with Gasteiger partial charge in [0.15, 0.2) is 0 Å². The highest BCUT2D eigenvalue weighted by Crippen LogP contribution is 2.48.